The van der Waals surface area contributed by atoms with Crippen molar-refractivity contribution in [2.24, 2.45) is 0 Å². The summed E-state index contributed by atoms with van der Waals surface area (Å²) in [6.45, 7) is 5.97. The summed E-state index contributed by atoms with van der Waals surface area (Å²) < 4.78 is 0. The first-order chi connectivity index (χ1) is 7.43. The molecule has 0 spiro atoms. The van der Waals surface area contributed by atoms with Crippen LogP contribution in [-0.2, 0) is 6.54 Å². The van der Waals surface area contributed by atoms with Gasteiger partial charge in [-0.1, -0.05) is 49.4 Å². The molecule has 2 heteroatoms. The van der Waals surface area contributed by atoms with E-state index in [2.05, 4.69) is 54.0 Å². The van der Waals surface area contributed by atoms with Crippen molar-refractivity contribution in [2.45, 2.75) is 13.5 Å². The van der Waals surface area contributed by atoms with Gasteiger partial charge >= 0.3 is 0 Å². The van der Waals surface area contributed by atoms with Crippen molar-refractivity contribution in [2.75, 3.05) is 19.6 Å². The van der Waals surface area contributed by atoms with Crippen LogP contribution in [0.3, 0.4) is 0 Å². The number of hydrogen-bond donors (Lipinski definition) is 2. The highest BCUT2D eigenvalue weighted by atomic mass is 14.8. The van der Waals surface area contributed by atoms with Crippen LogP contribution in [0.15, 0.2) is 42.5 Å². The van der Waals surface area contributed by atoms with Crippen LogP contribution in [0.2, 0.25) is 0 Å². The number of rotatable bonds is 7. The van der Waals surface area contributed by atoms with Crippen molar-refractivity contribution in [3.63, 3.8) is 0 Å². The Balaban J connectivity index is 2.04. The van der Waals surface area contributed by atoms with Gasteiger partial charge in [0.25, 0.3) is 0 Å². The van der Waals surface area contributed by atoms with Crippen molar-refractivity contribution < 1.29 is 0 Å². The molecular formula is C13H20N2. The van der Waals surface area contributed by atoms with Gasteiger partial charge in [0.2, 0.25) is 0 Å². The van der Waals surface area contributed by atoms with E-state index in [-0.39, 0.29) is 0 Å². The molecule has 1 rings (SSSR count). The molecule has 0 saturated carbocycles. The van der Waals surface area contributed by atoms with Gasteiger partial charge in [-0.25, -0.2) is 0 Å². The summed E-state index contributed by atoms with van der Waals surface area (Å²) in [6.07, 6.45) is 4.31. The predicted octanol–water partition coefficient (Wildman–Crippen LogP) is 1.94. The molecule has 0 aliphatic carbocycles. The quantitative estimate of drug-likeness (QED) is 0.524. The highest BCUT2D eigenvalue weighted by Crippen LogP contribution is 1.96. The Kier molecular flexibility index (Phi) is 6.54. The molecule has 0 bridgehead atoms. The molecule has 15 heavy (non-hydrogen) atoms. The first kappa shape index (κ1) is 12.0. The SMILES string of the molecule is CCNCC=CCNCc1ccccc1. The molecule has 1 aromatic rings. The fraction of sp³-hybridized carbons (Fsp3) is 0.385. The molecule has 0 saturated heterocycles. The standard InChI is InChI=1S/C13H20N2/c1-2-14-10-6-7-11-15-12-13-8-4-3-5-9-13/h3-9,14-15H,2,10-12H2,1H3. The lowest BCUT2D eigenvalue weighted by Crippen LogP contribution is -2.14. The van der Waals surface area contributed by atoms with E-state index >= 15 is 0 Å². The van der Waals surface area contributed by atoms with E-state index in [0.717, 1.165) is 26.2 Å². The van der Waals surface area contributed by atoms with Gasteiger partial charge in [0.1, 0.15) is 0 Å². The second-order valence-corrected chi connectivity index (χ2v) is 3.40. The molecule has 0 heterocycles. The molecule has 2 N–H and O–H groups in total. The molecule has 0 aliphatic rings. The summed E-state index contributed by atoms with van der Waals surface area (Å²) in [4.78, 5) is 0. The summed E-state index contributed by atoms with van der Waals surface area (Å²) >= 11 is 0. The monoisotopic (exact) mass is 204 g/mol. The number of nitrogens with one attached hydrogen (secondary N) is 2. The molecule has 0 unspecified atom stereocenters. The van der Waals surface area contributed by atoms with E-state index in [1.807, 2.05) is 6.07 Å². The van der Waals surface area contributed by atoms with Gasteiger partial charge in [0.05, 0.1) is 0 Å². The lowest BCUT2D eigenvalue weighted by Gasteiger charge is -2.01. The summed E-state index contributed by atoms with van der Waals surface area (Å²) in [5, 5.41) is 6.61. The zero-order valence-corrected chi connectivity index (χ0v) is 9.37. The molecule has 2 nitrogen and oxygen atoms in total. The molecule has 0 amide bonds. The molecule has 0 aliphatic heterocycles. The maximum absolute atomic E-state index is 3.36. The Bertz CT molecular complexity index is 267. The minimum absolute atomic E-state index is 0.931. The van der Waals surface area contributed by atoms with Crippen LogP contribution in [0.25, 0.3) is 0 Å². The zero-order valence-electron chi connectivity index (χ0n) is 9.37. The van der Waals surface area contributed by atoms with Crippen LogP contribution in [-0.4, -0.2) is 19.6 Å². The van der Waals surface area contributed by atoms with E-state index in [1.54, 1.807) is 0 Å². The van der Waals surface area contributed by atoms with E-state index in [4.69, 9.17) is 0 Å². The number of hydrogen-bond acceptors (Lipinski definition) is 2. The van der Waals surface area contributed by atoms with Gasteiger partial charge in [-0.15, -0.1) is 0 Å². The summed E-state index contributed by atoms with van der Waals surface area (Å²) in [7, 11) is 0. The Morgan fingerprint density at radius 3 is 2.33 bits per heavy atom. The Labute approximate surface area is 92.4 Å². The van der Waals surface area contributed by atoms with Gasteiger partial charge < -0.3 is 10.6 Å². The van der Waals surface area contributed by atoms with E-state index < -0.39 is 0 Å². The van der Waals surface area contributed by atoms with Crippen LogP contribution < -0.4 is 10.6 Å². The third-order valence-corrected chi connectivity index (χ3v) is 2.11. The summed E-state index contributed by atoms with van der Waals surface area (Å²) in [6, 6.07) is 10.4. The highest BCUT2D eigenvalue weighted by molar-refractivity contribution is 5.14. The minimum Gasteiger partial charge on any atom is -0.314 e. The summed E-state index contributed by atoms with van der Waals surface area (Å²) in [5.41, 5.74) is 1.33. The van der Waals surface area contributed by atoms with Crippen molar-refractivity contribution in [1.29, 1.82) is 0 Å². The fourth-order valence-corrected chi connectivity index (χ4v) is 1.29. The topological polar surface area (TPSA) is 24.1 Å². The molecule has 1 aromatic carbocycles. The molecular weight excluding hydrogens is 184 g/mol. The number of benzene rings is 1. The Hall–Kier alpha value is -1.12. The maximum Gasteiger partial charge on any atom is 0.0208 e. The van der Waals surface area contributed by atoms with Gasteiger partial charge in [-0.3, -0.25) is 0 Å². The lowest BCUT2D eigenvalue weighted by molar-refractivity contribution is 0.753. The first-order valence-corrected chi connectivity index (χ1v) is 5.54. The smallest absolute Gasteiger partial charge is 0.0208 e. The molecule has 0 fully saturated rings. The van der Waals surface area contributed by atoms with Crippen LogP contribution in [0.4, 0.5) is 0 Å². The van der Waals surface area contributed by atoms with E-state index in [1.165, 1.54) is 5.56 Å². The zero-order chi connectivity index (χ0) is 10.8. The van der Waals surface area contributed by atoms with E-state index in [0.29, 0.717) is 0 Å². The van der Waals surface area contributed by atoms with Gasteiger partial charge in [-0.2, -0.15) is 0 Å². The van der Waals surface area contributed by atoms with Crippen LogP contribution in [0.1, 0.15) is 12.5 Å². The number of likely N-dealkylation sites (N-methyl/N-ethyl adjacent to an activating group) is 1. The van der Waals surface area contributed by atoms with Crippen molar-refractivity contribution in [1.82, 2.24) is 10.6 Å². The molecule has 82 valence electrons. The van der Waals surface area contributed by atoms with Crippen LogP contribution in [0, 0.1) is 0 Å². The third kappa shape index (κ3) is 6.05. The second kappa shape index (κ2) is 8.21. The van der Waals surface area contributed by atoms with Gasteiger partial charge in [-0.05, 0) is 12.1 Å². The Morgan fingerprint density at radius 2 is 1.67 bits per heavy atom. The predicted molar refractivity (Wildman–Crippen MR) is 65.8 cm³/mol. The van der Waals surface area contributed by atoms with Crippen molar-refractivity contribution >= 4 is 0 Å². The normalized spacial score (nSPS) is 11.0. The second-order valence-electron chi connectivity index (χ2n) is 3.40. The maximum atomic E-state index is 3.36. The minimum atomic E-state index is 0.931. The summed E-state index contributed by atoms with van der Waals surface area (Å²) in [5.74, 6) is 0. The average Bonchev–Trinajstić information content (AvgIpc) is 2.29. The highest BCUT2D eigenvalue weighted by Gasteiger charge is 1.87. The molecule has 0 radical (unpaired) electrons. The molecule has 0 aromatic heterocycles. The molecule has 0 atom stereocenters. The largest absolute Gasteiger partial charge is 0.314 e. The average molecular weight is 204 g/mol. The van der Waals surface area contributed by atoms with Gasteiger partial charge in [0, 0.05) is 19.6 Å². The third-order valence-electron chi connectivity index (χ3n) is 2.11. The van der Waals surface area contributed by atoms with Crippen molar-refractivity contribution in [3.8, 4) is 0 Å². The first-order valence-electron chi connectivity index (χ1n) is 5.54. The van der Waals surface area contributed by atoms with E-state index in [9.17, 15) is 0 Å². The lowest BCUT2D eigenvalue weighted by atomic mass is 10.2. The van der Waals surface area contributed by atoms with Crippen molar-refractivity contribution in [3.05, 3.63) is 48.0 Å². The Morgan fingerprint density at radius 1 is 1.00 bits per heavy atom. The van der Waals surface area contributed by atoms with Crippen LogP contribution >= 0.6 is 0 Å². The fourth-order valence-electron chi connectivity index (χ4n) is 1.29. The van der Waals surface area contributed by atoms with Crippen LogP contribution in [0.5, 0.6) is 0 Å². The van der Waals surface area contributed by atoms with Gasteiger partial charge in [0.15, 0.2) is 0 Å².